The molecule has 0 saturated heterocycles. The van der Waals surface area contributed by atoms with Gasteiger partial charge in [-0.1, -0.05) is 23.7 Å². The Morgan fingerprint density at radius 3 is 2.81 bits per heavy atom. The fourth-order valence-corrected chi connectivity index (χ4v) is 1.52. The van der Waals surface area contributed by atoms with Crippen molar-refractivity contribution in [1.82, 2.24) is 9.97 Å². The van der Waals surface area contributed by atoms with Crippen LogP contribution in [0.15, 0.2) is 30.6 Å². The van der Waals surface area contributed by atoms with Gasteiger partial charge in [0.1, 0.15) is 17.3 Å². The van der Waals surface area contributed by atoms with Crippen LogP contribution in [0.2, 0.25) is 5.15 Å². The van der Waals surface area contributed by atoms with Gasteiger partial charge in [-0.05, 0) is 12.1 Å². The number of nitrogens with zero attached hydrogens (tertiary/aromatic N) is 2. The average Bonchev–Trinajstić information content (AvgIpc) is 2.28. The molecule has 0 unspecified atom stereocenters. The summed E-state index contributed by atoms with van der Waals surface area (Å²) >= 11 is 5.74. The third kappa shape index (κ3) is 1.92. The number of benzene rings is 1. The van der Waals surface area contributed by atoms with Crippen molar-refractivity contribution in [3.63, 3.8) is 0 Å². The molecule has 16 heavy (non-hydrogen) atoms. The lowest BCUT2D eigenvalue weighted by Gasteiger charge is -2.04. The van der Waals surface area contributed by atoms with Crippen LogP contribution in [0.3, 0.4) is 0 Å². The molecule has 0 aliphatic carbocycles. The van der Waals surface area contributed by atoms with Crippen molar-refractivity contribution in [1.29, 1.82) is 0 Å². The summed E-state index contributed by atoms with van der Waals surface area (Å²) in [5, 5.41) is 0.0595. The lowest BCUT2D eigenvalue weighted by atomic mass is 10.1. The van der Waals surface area contributed by atoms with Crippen molar-refractivity contribution in [2.24, 2.45) is 0 Å². The highest BCUT2D eigenvalue weighted by atomic mass is 35.5. The van der Waals surface area contributed by atoms with Crippen LogP contribution in [-0.4, -0.2) is 16.3 Å². The normalized spacial score (nSPS) is 10.1. The van der Waals surface area contributed by atoms with Gasteiger partial charge < -0.3 is 0 Å². The predicted octanol–water partition coefficient (Wildman–Crippen LogP) is 2.75. The molecule has 1 heterocycles. The zero-order valence-electron chi connectivity index (χ0n) is 8.02. The second kappa shape index (κ2) is 4.37. The average molecular weight is 237 g/mol. The molecule has 5 heteroatoms. The minimum absolute atomic E-state index is 0.0595. The largest absolute Gasteiger partial charge is 0.298 e. The molecule has 0 fully saturated rings. The van der Waals surface area contributed by atoms with Crippen LogP contribution in [0, 0.1) is 5.82 Å². The Morgan fingerprint density at radius 1 is 1.31 bits per heavy atom. The molecule has 0 aliphatic rings. The van der Waals surface area contributed by atoms with E-state index in [9.17, 15) is 9.18 Å². The summed E-state index contributed by atoms with van der Waals surface area (Å²) in [6, 6.07) is 5.78. The van der Waals surface area contributed by atoms with Crippen LogP contribution in [0.4, 0.5) is 4.39 Å². The molecule has 1 aromatic carbocycles. The number of hydrogen-bond donors (Lipinski definition) is 0. The van der Waals surface area contributed by atoms with E-state index in [1.165, 1.54) is 24.5 Å². The highest BCUT2D eigenvalue weighted by Gasteiger charge is 2.11. The van der Waals surface area contributed by atoms with E-state index in [0.29, 0.717) is 17.5 Å². The highest BCUT2D eigenvalue weighted by Crippen LogP contribution is 2.24. The maximum atomic E-state index is 13.0. The molecule has 2 aromatic rings. The standard InChI is InChI=1S/C11H6ClFN2O/c12-11-9(5-16)10(14-6-15-11)7-2-1-3-8(13)4-7/h1-6H. The fourth-order valence-electron chi connectivity index (χ4n) is 1.34. The summed E-state index contributed by atoms with van der Waals surface area (Å²) in [5.74, 6) is -0.399. The molecular formula is C11H6ClFN2O. The van der Waals surface area contributed by atoms with Gasteiger partial charge in [0.25, 0.3) is 0 Å². The summed E-state index contributed by atoms with van der Waals surface area (Å²) in [4.78, 5) is 18.5. The smallest absolute Gasteiger partial charge is 0.155 e. The van der Waals surface area contributed by atoms with Crippen LogP contribution in [0.1, 0.15) is 10.4 Å². The van der Waals surface area contributed by atoms with Gasteiger partial charge in [0.15, 0.2) is 6.29 Å². The summed E-state index contributed by atoms with van der Waals surface area (Å²) in [5.41, 5.74) is 0.982. The quantitative estimate of drug-likeness (QED) is 0.595. The number of carbonyl (C=O) groups is 1. The number of rotatable bonds is 2. The number of halogens is 2. The summed E-state index contributed by atoms with van der Waals surface area (Å²) in [6.07, 6.45) is 1.79. The Labute approximate surface area is 95.9 Å². The van der Waals surface area contributed by atoms with E-state index in [-0.39, 0.29) is 10.7 Å². The van der Waals surface area contributed by atoms with Gasteiger partial charge in [0.2, 0.25) is 0 Å². The molecule has 0 atom stereocenters. The molecule has 0 bridgehead atoms. The molecule has 0 saturated carbocycles. The van der Waals surface area contributed by atoms with Crippen molar-refractivity contribution in [3.8, 4) is 11.3 Å². The van der Waals surface area contributed by atoms with Crippen LogP contribution in [0.5, 0.6) is 0 Å². The van der Waals surface area contributed by atoms with Gasteiger partial charge in [0, 0.05) is 5.56 Å². The van der Waals surface area contributed by atoms with Crippen LogP contribution < -0.4 is 0 Å². The summed E-state index contributed by atoms with van der Waals surface area (Å²) in [7, 11) is 0. The van der Waals surface area contributed by atoms with Gasteiger partial charge in [-0.2, -0.15) is 0 Å². The Bertz CT molecular complexity index is 545. The summed E-state index contributed by atoms with van der Waals surface area (Å²) in [6.45, 7) is 0. The molecule has 0 N–H and O–H groups in total. The van der Waals surface area contributed by atoms with Crippen LogP contribution >= 0.6 is 11.6 Å². The predicted molar refractivity (Wildman–Crippen MR) is 57.8 cm³/mol. The zero-order chi connectivity index (χ0) is 11.5. The third-order valence-corrected chi connectivity index (χ3v) is 2.35. The van der Waals surface area contributed by atoms with E-state index in [1.807, 2.05) is 0 Å². The topological polar surface area (TPSA) is 42.9 Å². The van der Waals surface area contributed by atoms with Crippen molar-refractivity contribution in [2.75, 3.05) is 0 Å². The maximum absolute atomic E-state index is 13.0. The van der Waals surface area contributed by atoms with Crippen molar-refractivity contribution in [3.05, 3.63) is 47.1 Å². The first kappa shape index (κ1) is 10.7. The van der Waals surface area contributed by atoms with Gasteiger partial charge in [0.05, 0.1) is 11.3 Å². The number of aldehydes is 1. The van der Waals surface area contributed by atoms with E-state index in [1.54, 1.807) is 6.07 Å². The molecule has 0 amide bonds. The Kier molecular flexibility index (Phi) is 2.92. The Hall–Kier alpha value is -1.81. The molecule has 3 nitrogen and oxygen atoms in total. The third-order valence-electron chi connectivity index (χ3n) is 2.05. The van der Waals surface area contributed by atoms with E-state index < -0.39 is 5.82 Å². The van der Waals surface area contributed by atoms with Gasteiger partial charge in [-0.25, -0.2) is 14.4 Å². The molecule has 2 rings (SSSR count). The minimum Gasteiger partial charge on any atom is -0.298 e. The van der Waals surface area contributed by atoms with Crippen molar-refractivity contribution >= 4 is 17.9 Å². The lowest BCUT2D eigenvalue weighted by Crippen LogP contribution is -1.95. The second-order valence-electron chi connectivity index (χ2n) is 3.05. The van der Waals surface area contributed by atoms with Gasteiger partial charge >= 0.3 is 0 Å². The van der Waals surface area contributed by atoms with Gasteiger partial charge in [-0.15, -0.1) is 0 Å². The minimum atomic E-state index is -0.399. The van der Waals surface area contributed by atoms with Crippen molar-refractivity contribution in [2.45, 2.75) is 0 Å². The Balaban J connectivity index is 2.64. The number of aromatic nitrogens is 2. The number of carbonyl (C=O) groups excluding carboxylic acids is 1. The van der Waals surface area contributed by atoms with E-state index in [4.69, 9.17) is 11.6 Å². The van der Waals surface area contributed by atoms with Crippen LogP contribution in [0.25, 0.3) is 11.3 Å². The molecule has 1 aromatic heterocycles. The monoisotopic (exact) mass is 236 g/mol. The van der Waals surface area contributed by atoms with Crippen LogP contribution in [-0.2, 0) is 0 Å². The fraction of sp³-hybridized carbons (Fsp3) is 0. The zero-order valence-corrected chi connectivity index (χ0v) is 8.78. The molecule has 0 radical (unpaired) electrons. The van der Waals surface area contributed by atoms with Gasteiger partial charge in [-0.3, -0.25) is 4.79 Å². The first-order chi connectivity index (χ1) is 7.72. The first-order valence-electron chi connectivity index (χ1n) is 4.44. The first-order valence-corrected chi connectivity index (χ1v) is 4.82. The van der Waals surface area contributed by atoms with Crippen molar-refractivity contribution < 1.29 is 9.18 Å². The molecular weight excluding hydrogens is 231 g/mol. The molecule has 0 spiro atoms. The lowest BCUT2D eigenvalue weighted by molar-refractivity contribution is 0.112. The van der Waals surface area contributed by atoms with E-state index in [2.05, 4.69) is 9.97 Å². The highest BCUT2D eigenvalue weighted by molar-refractivity contribution is 6.32. The Morgan fingerprint density at radius 2 is 2.12 bits per heavy atom. The summed E-state index contributed by atoms with van der Waals surface area (Å²) < 4.78 is 13.0. The second-order valence-corrected chi connectivity index (χ2v) is 3.41. The number of hydrogen-bond acceptors (Lipinski definition) is 3. The van der Waals surface area contributed by atoms with E-state index >= 15 is 0 Å². The SMILES string of the molecule is O=Cc1c(Cl)ncnc1-c1cccc(F)c1. The molecule has 0 aliphatic heterocycles. The molecule has 80 valence electrons. The maximum Gasteiger partial charge on any atom is 0.155 e. The van der Waals surface area contributed by atoms with E-state index in [0.717, 1.165) is 0 Å².